The Morgan fingerprint density at radius 1 is 1.23 bits per heavy atom. The summed E-state index contributed by atoms with van der Waals surface area (Å²) in [7, 11) is 0. The van der Waals surface area contributed by atoms with Gasteiger partial charge in [-0.15, -0.1) is 0 Å². The van der Waals surface area contributed by atoms with Gasteiger partial charge in [0.25, 0.3) is 0 Å². The van der Waals surface area contributed by atoms with Crippen LogP contribution >= 0.6 is 0 Å². The van der Waals surface area contributed by atoms with Crippen molar-refractivity contribution in [3.8, 4) is 0 Å². The van der Waals surface area contributed by atoms with Crippen LogP contribution in [0.1, 0.15) is 45.6 Å². The number of hydrogen-bond donors (Lipinski definition) is 1. The van der Waals surface area contributed by atoms with Crippen LogP contribution in [0.15, 0.2) is 30.3 Å². The Bertz CT molecular complexity index is 595. The fraction of sp³-hybridized carbons (Fsp3) is 0.682. The molecule has 0 spiro atoms. The van der Waals surface area contributed by atoms with E-state index in [9.17, 15) is 9.90 Å². The van der Waals surface area contributed by atoms with Crippen LogP contribution in [0.3, 0.4) is 0 Å². The van der Waals surface area contributed by atoms with Gasteiger partial charge >= 0.3 is 0 Å². The molecule has 1 amide bonds. The second kappa shape index (κ2) is 8.10. The molecule has 4 heteroatoms. The SMILES string of the molecule is CC(C)C1(O)CN(C(=O)CC2CCN(Cc3ccccc3)CC2)CC1C. The molecule has 2 fully saturated rings. The van der Waals surface area contributed by atoms with E-state index < -0.39 is 5.60 Å². The van der Waals surface area contributed by atoms with Crippen molar-refractivity contribution in [3.63, 3.8) is 0 Å². The van der Waals surface area contributed by atoms with E-state index in [1.54, 1.807) is 0 Å². The molecule has 26 heavy (non-hydrogen) atoms. The maximum atomic E-state index is 12.7. The molecule has 2 heterocycles. The number of rotatable bonds is 5. The lowest BCUT2D eigenvalue weighted by Gasteiger charge is -2.33. The maximum absolute atomic E-state index is 12.7. The van der Waals surface area contributed by atoms with Crippen molar-refractivity contribution in [2.45, 2.75) is 52.2 Å². The Balaban J connectivity index is 1.45. The number of β-amino-alcohol motifs (C(OH)–C–C–N with tert-alkyl or cyclic N) is 1. The second-order valence-electron chi connectivity index (χ2n) is 8.73. The van der Waals surface area contributed by atoms with Crippen LogP contribution in [0.2, 0.25) is 0 Å². The third kappa shape index (κ3) is 4.29. The van der Waals surface area contributed by atoms with Crippen LogP contribution in [0.4, 0.5) is 0 Å². The fourth-order valence-electron chi connectivity index (χ4n) is 4.52. The Hall–Kier alpha value is -1.39. The normalized spacial score (nSPS) is 28.0. The average Bonchev–Trinajstić information content (AvgIpc) is 2.94. The highest BCUT2D eigenvalue weighted by Crippen LogP contribution is 2.34. The van der Waals surface area contributed by atoms with Crippen molar-refractivity contribution < 1.29 is 9.90 Å². The van der Waals surface area contributed by atoms with E-state index in [1.165, 1.54) is 5.56 Å². The maximum Gasteiger partial charge on any atom is 0.222 e. The van der Waals surface area contributed by atoms with E-state index in [0.29, 0.717) is 25.4 Å². The van der Waals surface area contributed by atoms with Gasteiger partial charge in [-0.1, -0.05) is 51.1 Å². The highest BCUT2D eigenvalue weighted by atomic mass is 16.3. The van der Waals surface area contributed by atoms with Gasteiger partial charge in [0, 0.05) is 32.0 Å². The largest absolute Gasteiger partial charge is 0.387 e. The van der Waals surface area contributed by atoms with Gasteiger partial charge in [-0.25, -0.2) is 0 Å². The van der Waals surface area contributed by atoms with Gasteiger partial charge in [-0.05, 0) is 43.3 Å². The Morgan fingerprint density at radius 2 is 1.88 bits per heavy atom. The van der Waals surface area contributed by atoms with Gasteiger partial charge in [0.05, 0.1) is 5.60 Å². The molecular weight excluding hydrogens is 324 g/mol. The number of nitrogens with zero attached hydrogens (tertiary/aromatic N) is 2. The zero-order valence-corrected chi connectivity index (χ0v) is 16.5. The highest BCUT2D eigenvalue weighted by Gasteiger charge is 2.46. The van der Waals surface area contributed by atoms with Crippen LogP contribution < -0.4 is 0 Å². The summed E-state index contributed by atoms with van der Waals surface area (Å²) in [5.74, 6) is 1.04. The van der Waals surface area contributed by atoms with Crippen LogP contribution in [0.25, 0.3) is 0 Å². The van der Waals surface area contributed by atoms with Crippen LogP contribution in [0.5, 0.6) is 0 Å². The highest BCUT2D eigenvalue weighted by molar-refractivity contribution is 5.77. The molecule has 0 aliphatic carbocycles. The zero-order valence-electron chi connectivity index (χ0n) is 16.5. The minimum atomic E-state index is -0.727. The van der Waals surface area contributed by atoms with E-state index in [1.807, 2.05) is 18.7 Å². The molecule has 1 aromatic rings. The standard InChI is InChI=1S/C22H34N2O2/c1-17(2)22(26)16-24(14-18(22)3)21(25)13-19-9-11-23(12-10-19)15-20-7-5-4-6-8-20/h4-8,17-19,26H,9-16H2,1-3H3. The van der Waals surface area contributed by atoms with E-state index >= 15 is 0 Å². The fourth-order valence-corrected chi connectivity index (χ4v) is 4.52. The Labute approximate surface area is 158 Å². The van der Waals surface area contributed by atoms with Gasteiger partial charge in [0.15, 0.2) is 0 Å². The number of amides is 1. The van der Waals surface area contributed by atoms with Crippen LogP contribution in [-0.2, 0) is 11.3 Å². The summed E-state index contributed by atoms with van der Waals surface area (Å²) in [5.41, 5.74) is 0.635. The summed E-state index contributed by atoms with van der Waals surface area (Å²) in [6.45, 7) is 10.5. The summed E-state index contributed by atoms with van der Waals surface area (Å²) in [6.07, 6.45) is 2.83. The minimum absolute atomic E-state index is 0.152. The first-order valence-corrected chi connectivity index (χ1v) is 10.1. The lowest BCUT2D eigenvalue weighted by atomic mass is 9.82. The predicted octanol–water partition coefficient (Wildman–Crippen LogP) is 3.15. The zero-order chi connectivity index (χ0) is 18.7. The number of aliphatic hydroxyl groups is 1. The molecule has 4 nitrogen and oxygen atoms in total. The van der Waals surface area contributed by atoms with Crippen molar-refractivity contribution in [1.29, 1.82) is 0 Å². The molecule has 0 aromatic heterocycles. The number of hydrogen-bond acceptors (Lipinski definition) is 3. The number of piperidine rings is 1. The van der Waals surface area contributed by atoms with E-state index in [-0.39, 0.29) is 17.7 Å². The third-order valence-corrected chi connectivity index (χ3v) is 6.56. The Morgan fingerprint density at radius 3 is 2.46 bits per heavy atom. The molecule has 144 valence electrons. The van der Waals surface area contributed by atoms with Crippen molar-refractivity contribution in [2.75, 3.05) is 26.2 Å². The average molecular weight is 359 g/mol. The lowest BCUT2D eigenvalue weighted by Crippen LogP contribution is -2.43. The monoisotopic (exact) mass is 358 g/mol. The van der Waals surface area contributed by atoms with Crippen molar-refractivity contribution in [1.82, 2.24) is 9.80 Å². The molecule has 3 rings (SSSR count). The van der Waals surface area contributed by atoms with E-state index in [4.69, 9.17) is 0 Å². The molecule has 0 radical (unpaired) electrons. The molecule has 1 N–H and O–H groups in total. The number of likely N-dealkylation sites (tertiary alicyclic amines) is 2. The number of carbonyl (C=O) groups excluding carboxylic acids is 1. The van der Waals surface area contributed by atoms with Crippen molar-refractivity contribution in [2.24, 2.45) is 17.8 Å². The molecule has 0 saturated carbocycles. The summed E-state index contributed by atoms with van der Waals surface area (Å²) in [4.78, 5) is 17.1. The first kappa shape index (κ1) is 19.4. The topological polar surface area (TPSA) is 43.8 Å². The molecular formula is C22H34N2O2. The summed E-state index contributed by atoms with van der Waals surface area (Å²) >= 11 is 0. The second-order valence-corrected chi connectivity index (χ2v) is 8.73. The summed E-state index contributed by atoms with van der Waals surface area (Å²) in [5, 5.41) is 10.8. The molecule has 2 unspecified atom stereocenters. The molecule has 0 bridgehead atoms. The van der Waals surface area contributed by atoms with Gasteiger partial charge < -0.3 is 10.0 Å². The Kier molecular flexibility index (Phi) is 6.03. The van der Waals surface area contributed by atoms with Gasteiger partial charge in [-0.3, -0.25) is 9.69 Å². The first-order chi connectivity index (χ1) is 12.4. The predicted molar refractivity (Wildman–Crippen MR) is 105 cm³/mol. The van der Waals surface area contributed by atoms with Crippen molar-refractivity contribution >= 4 is 5.91 Å². The molecule has 2 aliphatic heterocycles. The van der Waals surface area contributed by atoms with Gasteiger partial charge in [0.2, 0.25) is 5.91 Å². The molecule has 2 atom stereocenters. The van der Waals surface area contributed by atoms with Crippen LogP contribution in [-0.4, -0.2) is 52.6 Å². The van der Waals surface area contributed by atoms with Crippen LogP contribution in [0, 0.1) is 17.8 Å². The molecule has 2 saturated heterocycles. The van der Waals surface area contributed by atoms with Crippen molar-refractivity contribution in [3.05, 3.63) is 35.9 Å². The van der Waals surface area contributed by atoms with Gasteiger partial charge in [-0.2, -0.15) is 0 Å². The van der Waals surface area contributed by atoms with Gasteiger partial charge in [0.1, 0.15) is 0 Å². The first-order valence-electron chi connectivity index (χ1n) is 10.1. The molecule has 2 aliphatic rings. The smallest absolute Gasteiger partial charge is 0.222 e. The quantitative estimate of drug-likeness (QED) is 0.879. The van der Waals surface area contributed by atoms with E-state index in [2.05, 4.69) is 42.2 Å². The third-order valence-electron chi connectivity index (χ3n) is 6.56. The molecule has 1 aromatic carbocycles. The lowest BCUT2D eigenvalue weighted by molar-refractivity contribution is -0.132. The number of benzene rings is 1. The number of carbonyl (C=O) groups is 1. The minimum Gasteiger partial charge on any atom is -0.387 e. The summed E-state index contributed by atoms with van der Waals surface area (Å²) < 4.78 is 0. The van der Waals surface area contributed by atoms with E-state index in [0.717, 1.165) is 32.5 Å². The summed E-state index contributed by atoms with van der Waals surface area (Å²) in [6, 6.07) is 10.6.